The van der Waals surface area contributed by atoms with Gasteiger partial charge < -0.3 is 28.9 Å². The van der Waals surface area contributed by atoms with Crippen molar-refractivity contribution in [1.82, 2.24) is 10.2 Å². The van der Waals surface area contributed by atoms with Gasteiger partial charge in [0.25, 0.3) is 0 Å². The molecular weight excluding hydrogens is 586 g/mol. The molecule has 0 aromatic heterocycles. The highest BCUT2D eigenvalue weighted by molar-refractivity contribution is 5.69. The summed E-state index contributed by atoms with van der Waals surface area (Å²) < 4.78 is 18.3. The summed E-state index contributed by atoms with van der Waals surface area (Å²) in [5, 5.41) is 3.12. The first-order chi connectivity index (χ1) is 22.9. The first kappa shape index (κ1) is 36.4. The van der Waals surface area contributed by atoms with Crippen LogP contribution in [0.4, 0.5) is 4.79 Å². The number of carbonyl (C=O) groups excluding carboxylic acids is 1. The summed E-state index contributed by atoms with van der Waals surface area (Å²) in [6, 6.07) is 28.0. The lowest BCUT2D eigenvalue weighted by molar-refractivity contribution is -0.890. The minimum atomic E-state index is -0.337. The van der Waals surface area contributed by atoms with Gasteiger partial charge in [0.2, 0.25) is 0 Å². The number of carbonyl (C=O) groups is 1. The number of methoxy groups -OCH3 is 1. The summed E-state index contributed by atoms with van der Waals surface area (Å²) >= 11 is 0. The lowest BCUT2D eigenvalue weighted by Crippen LogP contribution is -2.41. The quantitative estimate of drug-likeness (QED) is 0.0998. The van der Waals surface area contributed by atoms with Crippen molar-refractivity contribution in [2.45, 2.75) is 76.5 Å². The van der Waals surface area contributed by atoms with E-state index in [0.717, 1.165) is 72.4 Å². The van der Waals surface area contributed by atoms with Crippen molar-refractivity contribution in [3.05, 3.63) is 102 Å². The molecule has 3 aromatic rings. The molecule has 0 unspecified atom stereocenters. The van der Waals surface area contributed by atoms with Crippen molar-refractivity contribution in [3.63, 3.8) is 0 Å². The van der Waals surface area contributed by atoms with Crippen LogP contribution >= 0.6 is 0 Å². The minimum absolute atomic E-state index is 0.0255. The van der Waals surface area contributed by atoms with Gasteiger partial charge >= 0.3 is 6.09 Å². The SMILES string of the molecule is COc1ccccc1COCCCCCC[N+](C)(C)CCCCCN1CCC(OC(=O)NC(c2ccccc2)c2ccccc2)CC1. The number of piperidine rings is 1. The molecule has 0 atom stereocenters. The lowest BCUT2D eigenvalue weighted by atomic mass is 9.99. The third-order valence-corrected chi connectivity index (χ3v) is 9.33. The third kappa shape index (κ3) is 13.3. The van der Waals surface area contributed by atoms with E-state index in [1.54, 1.807) is 7.11 Å². The molecule has 1 N–H and O–H groups in total. The molecule has 1 saturated heterocycles. The molecule has 4 rings (SSSR count). The smallest absolute Gasteiger partial charge is 0.408 e. The van der Waals surface area contributed by atoms with Crippen LogP contribution in [0.5, 0.6) is 5.75 Å². The molecule has 0 saturated carbocycles. The molecule has 0 aliphatic carbocycles. The minimum Gasteiger partial charge on any atom is -0.496 e. The second-order valence-corrected chi connectivity index (χ2v) is 13.6. The lowest BCUT2D eigenvalue weighted by Gasteiger charge is -2.32. The molecule has 0 spiro atoms. The summed E-state index contributed by atoms with van der Waals surface area (Å²) in [5.41, 5.74) is 3.21. The highest BCUT2D eigenvalue weighted by atomic mass is 16.6. The van der Waals surface area contributed by atoms with Crippen LogP contribution in [0.15, 0.2) is 84.9 Å². The number of hydrogen-bond acceptors (Lipinski definition) is 5. The van der Waals surface area contributed by atoms with E-state index in [-0.39, 0.29) is 18.2 Å². The molecule has 7 heteroatoms. The number of alkyl carbamates (subject to hydrolysis) is 1. The molecule has 1 aliphatic rings. The first-order valence-electron chi connectivity index (χ1n) is 17.7. The number of nitrogens with zero attached hydrogens (tertiary/aromatic N) is 2. The van der Waals surface area contributed by atoms with Crippen molar-refractivity contribution < 1.29 is 23.5 Å². The molecule has 1 amide bonds. The third-order valence-electron chi connectivity index (χ3n) is 9.33. The number of unbranched alkanes of at least 4 members (excludes halogenated alkanes) is 5. The van der Waals surface area contributed by atoms with Crippen LogP contribution < -0.4 is 10.1 Å². The van der Waals surface area contributed by atoms with Crippen LogP contribution in [-0.2, 0) is 16.1 Å². The predicted octanol–water partition coefficient (Wildman–Crippen LogP) is 8.00. The van der Waals surface area contributed by atoms with E-state index in [1.807, 2.05) is 78.9 Å². The van der Waals surface area contributed by atoms with E-state index in [2.05, 4.69) is 30.4 Å². The highest BCUT2D eigenvalue weighted by Crippen LogP contribution is 2.23. The Labute approximate surface area is 283 Å². The number of ether oxygens (including phenoxy) is 3. The maximum absolute atomic E-state index is 12.9. The van der Waals surface area contributed by atoms with Crippen LogP contribution in [0, 0.1) is 0 Å². The molecule has 3 aromatic carbocycles. The van der Waals surface area contributed by atoms with E-state index < -0.39 is 0 Å². The van der Waals surface area contributed by atoms with E-state index >= 15 is 0 Å². The van der Waals surface area contributed by atoms with Crippen molar-refractivity contribution in [1.29, 1.82) is 0 Å². The number of hydrogen-bond donors (Lipinski definition) is 1. The zero-order chi connectivity index (χ0) is 33.2. The van der Waals surface area contributed by atoms with Gasteiger partial charge in [-0.05, 0) is 75.1 Å². The standard InChI is InChI=1S/C40H57N3O4/c1-43(2,30-16-4-5-18-32-46-33-36-23-13-14-24-38(36)45-3)31-17-8-15-27-42-28-25-37(26-29-42)47-40(44)41-39(34-19-9-6-10-20-34)35-21-11-7-12-22-35/h6-7,9-14,19-24,37,39H,4-5,8,15-18,25-33H2,1-3H3/p+1. The molecular formula is C40H58N3O4+. The molecule has 256 valence electrons. The second-order valence-electron chi connectivity index (χ2n) is 13.6. The summed E-state index contributed by atoms with van der Waals surface area (Å²) in [6.07, 6.45) is 10.1. The Morgan fingerprint density at radius 1 is 0.787 bits per heavy atom. The van der Waals surface area contributed by atoms with Gasteiger partial charge in [-0.3, -0.25) is 0 Å². The summed E-state index contributed by atoms with van der Waals surface area (Å²) in [4.78, 5) is 15.5. The van der Waals surface area contributed by atoms with Crippen LogP contribution in [-0.4, -0.2) is 82.1 Å². The fraction of sp³-hybridized carbons (Fsp3) is 0.525. The van der Waals surface area contributed by atoms with E-state index in [1.165, 1.54) is 51.6 Å². The fourth-order valence-electron chi connectivity index (χ4n) is 6.47. The number of rotatable bonds is 20. The number of nitrogens with one attached hydrogen (secondary N) is 1. The predicted molar refractivity (Wildman–Crippen MR) is 191 cm³/mol. The molecule has 1 heterocycles. The average Bonchev–Trinajstić information content (AvgIpc) is 3.10. The maximum atomic E-state index is 12.9. The number of amides is 1. The van der Waals surface area contributed by atoms with Crippen molar-refractivity contribution in [3.8, 4) is 5.75 Å². The number of quaternary nitrogens is 1. The van der Waals surface area contributed by atoms with Gasteiger partial charge in [0.15, 0.2) is 0 Å². The van der Waals surface area contributed by atoms with Gasteiger partial charge in [0, 0.05) is 25.3 Å². The van der Waals surface area contributed by atoms with Gasteiger partial charge in [0.1, 0.15) is 11.9 Å². The van der Waals surface area contributed by atoms with Crippen LogP contribution in [0.1, 0.15) is 80.5 Å². The number of benzene rings is 3. The Morgan fingerprint density at radius 2 is 1.36 bits per heavy atom. The average molecular weight is 645 g/mol. The fourth-order valence-corrected chi connectivity index (χ4v) is 6.47. The molecule has 47 heavy (non-hydrogen) atoms. The van der Waals surface area contributed by atoms with Crippen molar-refractivity contribution in [2.75, 3.05) is 60.5 Å². The Bertz CT molecular complexity index is 1240. The normalized spacial score (nSPS) is 14.3. The Kier molecular flexibility index (Phi) is 15.6. The second kappa shape index (κ2) is 20.1. The number of likely N-dealkylation sites (tertiary alicyclic amines) is 1. The maximum Gasteiger partial charge on any atom is 0.408 e. The summed E-state index contributed by atoms with van der Waals surface area (Å²) in [6.45, 7) is 7.01. The Morgan fingerprint density at radius 3 is 2.00 bits per heavy atom. The zero-order valence-electron chi connectivity index (χ0n) is 29.1. The molecule has 1 fully saturated rings. The summed E-state index contributed by atoms with van der Waals surface area (Å²) in [5.74, 6) is 0.901. The van der Waals surface area contributed by atoms with E-state index in [0.29, 0.717) is 6.61 Å². The van der Waals surface area contributed by atoms with Gasteiger partial charge in [-0.2, -0.15) is 0 Å². The highest BCUT2D eigenvalue weighted by Gasteiger charge is 2.24. The van der Waals surface area contributed by atoms with Gasteiger partial charge in [0.05, 0.1) is 46.9 Å². The van der Waals surface area contributed by atoms with Gasteiger partial charge in [-0.15, -0.1) is 0 Å². The van der Waals surface area contributed by atoms with Crippen molar-refractivity contribution >= 4 is 6.09 Å². The van der Waals surface area contributed by atoms with Crippen LogP contribution in [0.25, 0.3) is 0 Å². The zero-order valence-corrected chi connectivity index (χ0v) is 29.1. The van der Waals surface area contributed by atoms with Crippen LogP contribution in [0.2, 0.25) is 0 Å². The molecule has 7 nitrogen and oxygen atoms in total. The van der Waals surface area contributed by atoms with Gasteiger partial charge in [-0.1, -0.05) is 85.3 Å². The Hall–Kier alpha value is -3.39. The summed E-state index contributed by atoms with van der Waals surface area (Å²) in [7, 11) is 6.46. The molecule has 0 radical (unpaired) electrons. The molecule has 1 aliphatic heterocycles. The van der Waals surface area contributed by atoms with Crippen molar-refractivity contribution in [2.24, 2.45) is 0 Å². The van der Waals surface area contributed by atoms with E-state index in [9.17, 15) is 4.79 Å². The topological polar surface area (TPSA) is 60.0 Å². The first-order valence-corrected chi connectivity index (χ1v) is 17.7. The largest absolute Gasteiger partial charge is 0.496 e. The van der Waals surface area contributed by atoms with E-state index in [4.69, 9.17) is 14.2 Å². The van der Waals surface area contributed by atoms with Crippen LogP contribution in [0.3, 0.4) is 0 Å². The number of para-hydroxylation sites is 1. The Balaban J connectivity index is 1.01. The molecule has 0 bridgehead atoms. The van der Waals surface area contributed by atoms with Gasteiger partial charge in [-0.25, -0.2) is 4.79 Å². The monoisotopic (exact) mass is 644 g/mol.